The third-order valence-corrected chi connectivity index (χ3v) is 8.22. The normalized spacial score (nSPS) is 13.0. The van der Waals surface area contributed by atoms with E-state index in [1.165, 1.54) is 30.7 Å². The molecule has 0 aliphatic heterocycles. The van der Waals surface area contributed by atoms with Crippen LogP contribution in [0.15, 0.2) is 67.0 Å². The molecule has 0 saturated heterocycles. The highest BCUT2D eigenvalue weighted by molar-refractivity contribution is 7.14. The lowest BCUT2D eigenvalue weighted by molar-refractivity contribution is -0.274. The number of thiophene rings is 1. The molecule has 0 spiro atoms. The van der Waals surface area contributed by atoms with Gasteiger partial charge in [0.05, 0.1) is 4.88 Å². The van der Waals surface area contributed by atoms with Crippen molar-refractivity contribution in [3.05, 3.63) is 88.1 Å². The number of nitrogens with one attached hydrogen (secondary N) is 2. The van der Waals surface area contributed by atoms with Crippen molar-refractivity contribution in [3.63, 3.8) is 0 Å². The zero-order valence-electron chi connectivity index (χ0n) is 25.1. The molecule has 2 unspecified atom stereocenters. The summed E-state index contributed by atoms with van der Waals surface area (Å²) in [5.41, 5.74) is 0.960. The van der Waals surface area contributed by atoms with E-state index in [0.29, 0.717) is 16.0 Å². The summed E-state index contributed by atoms with van der Waals surface area (Å²) in [6.07, 6.45) is -2.37. The van der Waals surface area contributed by atoms with Crippen molar-refractivity contribution in [1.82, 2.24) is 20.6 Å². The number of nitrogens with zero attached hydrogens (tertiary/aromatic N) is 2. The number of carbonyl (C=O) groups excluding carboxylic acids is 2. The van der Waals surface area contributed by atoms with Crippen molar-refractivity contribution in [2.24, 2.45) is 0 Å². The zero-order chi connectivity index (χ0) is 33.8. The Morgan fingerprint density at radius 3 is 2.15 bits per heavy atom. The first-order valence-corrected chi connectivity index (χ1v) is 14.7. The van der Waals surface area contributed by atoms with Gasteiger partial charge < -0.3 is 20.5 Å². The molecular formula is C32H30F4N4O5S. The standard InChI is InChI=1S/C32H30F4N4O5S/c1-17(30(43)44)39-28(41)24(40-29(42)25-11-12-26(46-25)31(2,3)4)13-18-5-7-19(8-6-18)27-37-15-20(16-38-27)22-14-21(9-10-23(22)33)45-32(34,35)36/h5-12,14-17,24H,13H2,1-4H3,(H,39,41)(H,40,42)(H,43,44). The van der Waals surface area contributed by atoms with Crippen LogP contribution in [0.5, 0.6) is 5.75 Å². The van der Waals surface area contributed by atoms with E-state index in [1.54, 1.807) is 30.3 Å². The molecule has 0 fully saturated rings. The quantitative estimate of drug-likeness (QED) is 0.175. The smallest absolute Gasteiger partial charge is 0.480 e. The third-order valence-electron chi connectivity index (χ3n) is 6.71. The summed E-state index contributed by atoms with van der Waals surface area (Å²) in [4.78, 5) is 47.3. The fourth-order valence-corrected chi connectivity index (χ4v) is 5.21. The molecule has 3 N–H and O–H groups in total. The molecule has 0 aliphatic carbocycles. The first-order valence-electron chi connectivity index (χ1n) is 13.9. The minimum absolute atomic E-state index is 0.0388. The topological polar surface area (TPSA) is 131 Å². The van der Waals surface area contributed by atoms with Gasteiger partial charge in [0.2, 0.25) is 5.91 Å². The van der Waals surface area contributed by atoms with Crippen LogP contribution in [0.3, 0.4) is 0 Å². The van der Waals surface area contributed by atoms with Crippen LogP contribution in [0.4, 0.5) is 17.6 Å². The predicted molar refractivity (Wildman–Crippen MR) is 163 cm³/mol. The van der Waals surface area contributed by atoms with Gasteiger partial charge in [0.25, 0.3) is 5.91 Å². The van der Waals surface area contributed by atoms with Gasteiger partial charge in [-0.15, -0.1) is 24.5 Å². The molecule has 0 radical (unpaired) electrons. The number of aliphatic carboxylic acids is 1. The van der Waals surface area contributed by atoms with Crippen molar-refractivity contribution in [2.45, 2.75) is 58.0 Å². The van der Waals surface area contributed by atoms with Gasteiger partial charge in [-0.1, -0.05) is 45.0 Å². The molecule has 2 heterocycles. The van der Waals surface area contributed by atoms with E-state index in [9.17, 15) is 37.1 Å². The van der Waals surface area contributed by atoms with Gasteiger partial charge >= 0.3 is 12.3 Å². The Labute approximate surface area is 265 Å². The summed E-state index contributed by atoms with van der Waals surface area (Å²) in [6.45, 7) is 7.37. The summed E-state index contributed by atoms with van der Waals surface area (Å²) in [6, 6.07) is 10.6. The maximum atomic E-state index is 14.4. The minimum atomic E-state index is -4.94. The summed E-state index contributed by atoms with van der Waals surface area (Å²) in [5, 5.41) is 14.4. The molecule has 0 saturated carbocycles. The van der Waals surface area contributed by atoms with E-state index in [2.05, 4.69) is 25.3 Å². The average molecular weight is 659 g/mol. The number of halogens is 4. The Morgan fingerprint density at radius 1 is 0.935 bits per heavy atom. The highest BCUT2D eigenvalue weighted by Gasteiger charge is 2.31. The Balaban J connectivity index is 1.51. The number of amides is 2. The molecule has 4 rings (SSSR count). The molecule has 4 aromatic rings. The maximum Gasteiger partial charge on any atom is 0.573 e. The van der Waals surface area contributed by atoms with Crippen LogP contribution in [-0.2, 0) is 21.4 Å². The average Bonchev–Trinajstić information content (AvgIpc) is 3.49. The van der Waals surface area contributed by atoms with E-state index in [0.717, 1.165) is 23.1 Å². The van der Waals surface area contributed by atoms with E-state index in [4.69, 9.17) is 0 Å². The predicted octanol–water partition coefficient (Wildman–Crippen LogP) is 6.14. The first kappa shape index (κ1) is 34.0. The molecule has 242 valence electrons. The number of alkyl halides is 3. The highest BCUT2D eigenvalue weighted by Crippen LogP contribution is 2.31. The van der Waals surface area contributed by atoms with Crippen LogP contribution in [0.25, 0.3) is 22.5 Å². The molecule has 14 heteroatoms. The van der Waals surface area contributed by atoms with E-state index >= 15 is 0 Å². The number of benzene rings is 2. The Hall–Kier alpha value is -4.85. The number of aromatic nitrogens is 2. The van der Waals surface area contributed by atoms with Crippen molar-refractivity contribution in [1.29, 1.82) is 0 Å². The molecule has 46 heavy (non-hydrogen) atoms. The van der Waals surface area contributed by atoms with E-state index < -0.39 is 47.8 Å². The number of ether oxygens (including phenoxy) is 1. The number of hydrogen-bond acceptors (Lipinski definition) is 7. The lowest BCUT2D eigenvalue weighted by Gasteiger charge is -2.20. The van der Waals surface area contributed by atoms with E-state index in [-0.39, 0.29) is 28.8 Å². The largest absolute Gasteiger partial charge is 0.573 e. The fourth-order valence-electron chi connectivity index (χ4n) is 4.24. The van der Waals surface area contributed by atoms with Crippen LogP contribution >= 0.6 is 11.3 Å². The molecule has 2 atom stereocenters. The van der Waals surface area contributed by atoms with Gasteiger partial charge in [-0.3, -0.25) is 14.4 Å². The molecule has 9 nitrogen and oxygen atoms in total. The van der Waals surface area contributed by atoms with Crippen LogP contribution in [-0.4, -0.2) is 51.3 Å². The van der Waals surface area contributed by atoms with Crippen LogP contribution in [0.1, 0.15) is 47.8 Å². The summed E-state index contributed by atoms with van der Waals surface area (Å²) >= 11 is 1.31. The molecular weight excluding hydrogens is 628 g/mol. The lowest BCUT2D eigenvalue weighted by atomic mass is 9.95. The Kier molecular flexibility index (Phi) is 10.1. The monoisotopic (exact) mass is 658 g/mol. The van der Waals surface area contributed by atoms with E-state index in [1.807, 2.05) is 26.8 Å². The van der Waals surface area contributed by atoms with Crippen LogP contribution in [0, 0.1) is 5.82 Å². The third kappa shape index (κ3) is 8.87. The van der Waals surface area contributed by atoms with Crippen molar-refractivity contribution in [2.75, 3.05) is 0 Å². The second-order valence-electron chi connectivity index (χ2n) is 11.4. The van der Waals surface area contributed by atoms with Crippen molar-refractivity contribution >= 4 is 29.1 Å². The Morgan fingerprint density at radius 2 is 1.59 bits per heavy atom. The Bertz CT molecular complexity index is 1720. The highest BCUT2D eigenvalue weighted by atomic mass is 32.1. The fraction of sp³-hybridized carbons (Fsp3) is 0.281. The second kappa shape index (κ2) is 13.6. The second-order valence-corrected chi connectivity index (χ2v) is 12.5. The number of carboxylic acid groups (broad SMARTS) is 1. The molecule has 0 bridgehead atoms. The van der Waals surface area contributed by atoms with Gasteiger partial charge in [-0.05, 0) is 48.2 Å². The molecule has 0 aliphatic rings. The van der Waals surface area contributed by atoms with Gasteiger partial charge in [0.15, 0.2) is 5.82 Å². The zero-order valence-corrected chi connectivity index (χ0v) is 25.9. The number of carbonyl (C=O) groups is 3. The van der Waals surface area contributed by atoms with Gasteiger partial charge in [-0.25, -0.2) is 14.4 Å². The summed E-state index contributed by atoms with van der Waals surface area (Å²) in [5.74, 6) is -3.51. The molecule has 2 amide bonds. The van der Waals surface area contributed by atoms with Gasteiger partial charge in [0, 0.05) is 40.4 Å². The van der Waals surface area contributed by atoms with Crippen LogP contribution in [0.2, 0.25) is 0 Å². The van der Waals surface area contributed by atoms with Gasteiger partial charge in [0.1, 0.15) is 23.7 Å². The summed E-state index contributed by atoms with van der Waals surface area (Å²) in [7, 11) is 0. The SMILES string of the molecule is CC(NC(=O)C(Cc1ccc(-c2ncc(-c3cc(OC(F)(F)F)ccc3F)cn2)cc1)NC(=O)c1ccc(C(C)(C)C)s1)C(=O)O. The van der Waals surface area contributed by atoms with Gasteiger partial charge in [-0.2, -0.15) is 0 Å². The lowest BCUT2D eigenvalue weighted by Crippen LogP contribution is -2.51. The minimum Gasteiger partial charge on any atom is -0.480 e. The first-order chi connectivity index (χ1) is 21.5. The van der Waals surface area contributed by atoms with Crippen molar-refractivity contribution in [3.8, 4) is 28.3 Å². The maximum absolute atomic E-state index is 14.4. The molecule has 2 aromatic carbocycles. The van der Waals surface area contributed by atoms with Crippen molar-refractivity contribution < 1.29 is 41.8 Å². The number of carboxylic acids is 1. The van der Waals surface area contributed by atoms with Crippen LogP contribution < -0.4 is 15.4 Å². The molecule has 2 aromatic heterocycles. The number of rotatable bonds is 10. The summed E-state index contributed by atoms with van der Waals surface area (Å²) < 4.78 is 56.0. The number of hydrogen-bond donors (Lipinski definition) is 3.